The number of hydrogen-bond acceptors (Lipinski definition) is 2. The number of amides is 1. The number of nitrogens with zero attached hydrogens (tertiary/aromatic N) is 1. The Morgan fingerprint density at radius 3 is 2.40 bits per heavy atom. The molecule has 2 aliphatic heterocycles. The summed E-state index contributed by atoms with van der Waals surface area (Å²) in [5.41, 5.74) is 0. The van der Waals surface area contributed by atoms with Crippen molar-refractivity contribution in [1.82, 2.24) is 10.2 Å². The Bertz CT molecular complexity index is 236. The molecule has 0 bridgehead atoms. The van der Waals surface area contributed by atoms with E-state index in [4.69, 9.17) is 0 Å². The van der Waals surface area contributed by atoms with E-state index in [9.17, 15) is 4.79 Å². The molecule has 3 heteroatoms. The molecule has 0 saturated carbocycles. The maximum atomic E-state index is 12.3. The molecular formula is C12H22N2O. The summed E-state index contributed by atoms with van der Waals surface area (Å²) in [5.74, 6) is 1.38. The third-order valence-electron chi connectivity index (χ3n) is 4.11. The molecule has 3 nitrogen and oxygen atoms in total. The number of hydrogen-bond donors (Lipinski definition) is 1. The van der Waals surface area contributed by atoms with E-state index < -0.39 is 0 Å². The fraction of sp³-hybridized carbons (Fsp3) is 0.917. The lowest BCUT2D eigenvalue weighted by molar-refractivity contribution is -0.137. The van der Waals surface area contributed by atoms with Gasteiger partial charge in [-0.2, -0.15) is 0 Å². The Morgan fingerprint density at radius 1 is 1.20 bits per heavy atom. The van der Waals surface area contributed by atoms with Crippen LogP contribution in [0.15, 0.2) is 0 Å². The van der Waals surface area contributed by atoms with Gasteiger partial charge in [0.15, 0.2) is 0 Å². The fourth-order valence-electron chi connectivity index (χ4n) is 2.71. The Hall–Kier alpha value is -0.570. The maximum absolute atomic E-state index is 12.3. The molecule has 0 aromatic heterocycles. The number of piperidine rings is 1. The van der Waals surface area contributed by atoms with Gasteiger partial charge in [-0.15, -0.1) is 0 Å². The number of rotatable bonds is 1. The third kappa shape index (κ3) is 2.17. The second-order valence-corrected chi connectivity index (χ2v) is 5.06. The molecule has 0 spiro atoms. The van der Waals surface area contributed by atoms with E-state index in [0.29, 0.717) is 23.8 Å². The van der Waals surface area contributed by atoms with Gasteiger partial charge in [0.2, 0.25) is 5.91 Å². The van der Waals surface area contributed by atoms with Crippen LogP contribution in [0.4, 0.5) is 0 Å². The summed E-state index contributed by atoms with van der Waals surface area (Å²) >= 11 is 0. The highest BCUT2D eigenvalue weighted by Crippen LogP contribution is 2.26. The average molecular weight is 210 g/mol. The second kappa shape index (κ2) is 4.52. The van der Waals surface area contributed by atoms with Gasteiger partial charge in [-0.25, -0.2) is 0 Å². The zero-order valence-corrected chi connectivity index (χ0v) is 9.83. The molecule has 1 N–H and O–H groups in total. The highest BCUT2D eigenvalue weighted by Gasteiger charge is 2.34. The summed E-state index contributed by atoms with van der Waals surface area (Å²) in [7, 11) is 0. The van der Waals surface area contributed by atoms with Crippen LogP contribution >= 0.6 is 0 Å². The first kappa shape index (κ1) is 10.9. The van der Waals surface area contributed by atoms with Crippen LogP contribution < -0.4 is 5.32 Å². The van der Waals surface area contributed by atoms with Gasteiger partial charge < -0.3 is 10.2 Å². The molecule has 2 rings (SSSR count). The van der Waals surface area contributed by atoms with Crippen LogP contribution in [0.2, 0.25) is 0 Å². The van der Waals surface area contributed by atoms with Gasteiger partial charge in [-0.3, -0.25) is 4.79 Å². The predicted octanol–water partition coefficient (Wildman–Crippen LogP) is 1.24. The van der Waals surface area contributed by atoms with Crippen molar-refractivity contribution >= 4 is 5.91 Å². The van der Waals surface area contributed by atoms with Crippen molar-refractivity contribution in [2.75, 3.05) is 19.6 Å². The quantitative estimate of drug-likeness (QED) is 0.706. The first-order valence-electron chi connectivity index (χ1n) is 6.21. The first-order chi connectivity index (χ1) is 7.20. The summed E-state index contributed by atoms with van der Waals surface area (Å²) in [5, 5.41) is 3.31. The smallest absolute Gasteiger partial charge is 0.226 e. The van der Waals surface area contributed by atoms with Crippen LogP contribution in [-0.2, 0) is 4.79 Å². The zero-order valence-electron chi connectivity index (χ0n) is 9.83. The molecule has 0 aromatic rings. The molecule has 2 fully saturated rings. The normalized spacial score (nSPS) is 33.3. The minimum atomic E-state index is 0.291. The third-order valence-corrected chi connectivity index (χ3v) is 4.11. The standard InChI is InChI=1S/C12H22N2O/c1-9-5-8-14(10(9)2)12(15)11-3-6-13-7-4-11/h9-11,13H,3-8H2,1-2H3. The van der Waals surface area contributed by atoms with Gasteiger partial charge >= 0.3 is 0 Å². The number of carbonyl (C=O) groups excluding carboxylic acids is 1. The average Bonchev–Trinajstić information content (AvgIpc) is 2.60. The van der Waals surface area contributed by atoms with Crippen molar-refractivity contribution in [2.45, 2.75) is 39.2 Å². The molecule has 1 amide bonds. The summed E-state index contributed by atoms with van der Waals surface area (Å²) in [6.07, 6.45) is 3.23. The van der Waals surface area contributed by atoms with E-state index in [0.717, 1.165) is 32.5 Å². The van der Waals surface area contributed by atoms with E-state index in [2.05, 4.69) is 24.1 Å². The maximum Gasteiger partial charge on any atom is 0.226 e. The molecule has 2 saturated heterocycles. The Kier molecular flexibility index (Phi) is 3.29. The van der Waals surface area contributed by atoms with E-state index in [1.807, 2.05) is 0 Å². The van der Waals surface area contributed by atoms with Gasteiger partial charge in [0, 0.05) is 18.5 Å². The molecule has 2 unspecified atom stereocenters. The molecule has 2 aliphatic rings. The second-order valence-electron chi connectivity index (χ2n) is 5.06. The molecule has 2 atom stereocenters. The topological polar surface area (TPSA) is 32.3 Å². The van der Waals surface area contributed by atoms with Crippen LogP contribution in [0.3, 0.4) is 0 Å². The van der Waals surface area contributed by atoms with E-state index in [1.165, 1.54) is 6.42 Å². The van der Waals surface area contributed by atoms with Crippen molar-refractivity contribution in [3.05, 3.63) is 0 Å². The minimum absolute atomic E-state index is 0.291. The number of likely N-dealkylation sites (tertiary alicyclic amines) is 1. The molecule has 0 radical (unpaired) electrons. The van der Waals surface area contributed by atoms with Crippen LogP contribution in [0.5, 0.6) is 0 Å². The monoisotopic (exact) mass is 210 g/mol. The molecule has 0 aromatic carbocycles. The van der Waals surface area contributed by atoms with Crippen molar-refractivity contribution in [3.63, 3.8) is 0 Å². The molecule has 86 valence electrons. The van der Waals surface area contributed by atoms with Crippen LogP contribution in [0.1, 0.15) is 33.1 Å². The minimum Gasteiger partial charge on any atom is -0.339 e. The molecule has 2 heterocycles. The van der Waals surface area contributed by atoms with E-state index in [1.54, 1.807) is 0 Å². The first-order valence-corrected chi connectivity index (χ1v) is 6.21. The summed E-state index contributed by atoms with van der Waals surface area (Å²) in [6, 6.07) is 0.451. The van der Waals surface area contributed by atoms with Crippen molar-refractivity contribution in [1.29, 1.82) is 0 Å². The lowest BCUT2D eigenvalue weighted by Crippen LogP contribution is -2.43. The lowest BCUT2D eigenvalue weighted by Gasteiger charge is -2.30. The molecular weight excluding hydrogens is 188 g/mol. The highest BCUT2D eigenvalue weighted by molar-refractivity contribution is 5.79. The predicted molar refractivity (Wildman–Crippen MR) is 60.5 cm³/mol. The van der Waals surface area contributed by atoms with Crippen molar-refractivity contribution < 1.29 is 4.79 Å². The lowest BCUT2D eigenvalue weighted by atomic mass is 9.96. The SMILES string of the molecule is CC1CCN(C(=O)C2CCNCC2)C1C. The largest absolute Gasteiger partial charge is 0.339 e. The Balaban J connectivity index is 1.95. The molecule has 0 aliphatic carbocycles. The van der Waals surface area contributed by atoms with Crippen LogP contribution in [-0.4, -0.2) is 36.5 Å². The van der Waals surface area contributed by atoms with Gasteiger partial charge in [0.05, 0.1) is 0 Å². The number of carbonyl (C=O) groups is 1. The highest BCUT2D eigenvalue weighted by atomic mass is 16.2. The van der Waals surface area contributed by atoms with Crippen LogP contribution in [0.25, 0.3) is 0 Å². The van der Waals surface area contributed by atoms with E-state index >= 15 is 0 Å². The number of nitrogens with one attached hydrogen (secondary N) is 1. The fourth-order valence-corrected chi connectivity index (χ4v) is 2.71. The summed E-state index contributed by atoms with van der Waals surface area (Å²) in [6.45, 7) is 7.43. The Labute approximate surface area is 92.2 Å². The van der Waals surface area contributed by atoms with E-state index in [-0.39, 0.29) is 0 Å². The van der Waals surface area contributed by atoms with Crippen molar-refractivity contribution in [3.8, 4) is 0 Å². The Morgan fingerprint density at radius 2 is 1.87 bits per heavy atom. The van der Waals surface area contributed by atoms with Crippen molar-refractivity contribution in [2.24, 2.45) is 11.8 Å². The van der Waals surface area contributed by atoms with Gasteiger partial charge in [-0.1, -0.05) is 6.92 Å². The van der Waals surface area contributed by atoms with Crippen LogP contribution in [0, 0.1) is 11.8 Å². The van der Waals surface area contributed by atoms with Gasteiger partial charge in [0.1, 0.15) is 0 Å². The summed E-state index contributed by atoms with van der Waals surface area (Å²) < 4.78 is 0. The van der Waals surface area contributed by atoms with Gasteiger partial charge in [0.25, 0.3) is 0 Å². The summed E-state index contributed by atoms with van der Waals surface area (Å²) in [4.78, 5) is 14.4. The molecule has 15 heavy (non-hydrogen) atoms. The van der Waals surface area contributed by atoms with Gasteiger partial charge in [-0.05, 0) is 45.2 Å². The zero-order chi connectivity index (χ0) is 10.8.